The van der Waals surface area contributed by atoms with E-state index in [9.17, 15) is 24.8 Å². The summed E-state index contributed by atoms with van der Waals surface area (Å²) in [5.74, 6) is -1.65. The van der Waals surface area contributed by atoms with E-state index in [2.05, 4.69) is 15.3 Å². The number of nitrogens with one attached hydrogen (secondary N) is 1. The number of nitro benzene ring substituents is 1. The minimum Gasteiger partial charge on any atom is -0.545 e. The van der Waals surface area contributed by atoms with Gasteiger partial charge in [-0.15, -0.1) is 10.2 Å². The molecule has 1 heterocycles. The Balaban J connectivity index is 2.03. The molecule has 2 aromatic carbocycles. The molecule has 3 aromatic rings. The lowest BCUT2D eigenvalue weighted by molar-refractivity contribution is -0.384. The molecule has 0 aliphatic heterocycles. The molecule has 136 valence electrons. The van der Waals surface area contributed by atoms with Gasteiger partial charge in [0.1, 0.15) is 5.82 Å². The zero-order chi connectivity index (χ0) is 19.6. The Labute approximate surface area is 150 Å². The number of aromatic carboxylic acids is 1. The molecule has 3 rings (SSSR count). The number of carboxylic acids is 1. The molecular formula is C16H11N6O5-. The van der Waals surface area contributed by atoms with Crippen molar-refractivity contribution in [2.75, 3.05) is 5.73 Å². The summed E-state index contributed by atoms with van der Waals surface area (Å²) < 4.78 is 1.15. The maximum absolute atomic E-state index is 12.5. The predicted molar refractivity (Wildman–Crippen MR) is 92.4 cm³/mol. The van der Waals surface area contributed by atoms with Crippen molar-refractivity contribution in [1.82, 2.24) is 9.78 Å². The number of nitrogens with two attached hydrogens (primary N) is 1. The Morgan fingerprint density at radius 1 is 1.15 bits per heavy atom. The quantitative estimate of drug-likeness (QED) is 0.392. The van der Waals surface area contributed by atoms with Crippen LogP contribution in [-0.2, 0) is 0 Å². The second-order valence-electron chi connectivity index (χ2n) is 5.30. The van der Waals surface area contributed by atoms with Crippen molar-refractivity contribution in [2.45, 2.75) is 0 Å². The lowest BCUT2D eigenvalue weighted by atomic mass is 10.2. The molecule has 0 spiro atoms. The van der Waals surface area contributed by atoms with Crippen molar-refractivity contribution in [1.29, 1.82) is 0 Å². The van der Waals surface area contributed by atoms with Crippen molar-refractivity contribution in [3.8, 4) is 5.69 Å². The molecule has 0 radical (unpaired) electrons. The van der Waals surface area contributed by atoms with E-state index in [1.165, 1.54) is 0 Å². The van der Waals surface area contributed by atoms with Gasteiger partial charge in [0.05, 0.1) is 16.6 Å². The number of carbonyl (C=O) groups is 1. The summed E-state index contributed by atoms with van der Waals surface area (Å²) in [6, 6.07) is 11.5. The molecule has 1 aromatic heterocycles. The van der Waals surface area contributed by atoms with Crippen LogP contribution in [0.3, 0.4) is 0 Å². The van der Waals surface area contributed by atoms with E-state index in [0.717, 1.165) is 22.9 Å². The fraction of sp³-hybridized carbons (Fsp3) is 0. The third kappa shape index (κ3) is 3.42. The first kappa shape index (κ1) is 17.5. The van der Waals surface area contributed by atoms with Gasteiger partial charge in [-0.1, -0.05) is 24.3 Å². The van der Waals surface area contributed by atoms with Crippen molar-refractivity contribution in [3.05, 3.63) is 74.6 Å². The average molecular weight is 367 g/mol. The van der Waals surface area contributed by atoms with Crippen LogP contribution in [0.5, 0.6) is 0 Å². The van der Waals surface area contributed by atoms with Gasteiger partial charge in [-0.3, -0.25) is 20.0 Å². The van der Waals surface area contributed by atoms with Crippen LogP contribution in [0.25, 0.3) is 5.69 Å². The number of nitrogen functional groups attached to an aromatic ring is 1. The minimum atomic E-state index is -1.57. The Kier molecular flexibility index (Phi) is 4.49. The summed E-state index contributed by atoms with van der Waals surface area (Å²) in [5, 5.41) is 32.0. The first-order valence-electron chi connectivity index (χ1n) is 7.46. The van der Waals surface area contributed by atoms with E-state index in [0.29, 0.717) is 5.69 Å². The number of carbonyl (C=O) groups excluding carboxylic acids is 1. The van der Waals surface area contributed by atoms with E-state index in [1.54, 1.807) is 30.3 Å². The van der Waals surface area contributed by atoms with Gasteiger partial charge in [0.15, 0.2) is 11.4 Å². The van der Waals surface area contributed by atoms with Crippen molar-refractivity contribution < 1.29 is 14.8 Å². The standard InChI is InChI=1S/C16H12N6O5/c17-14-13(15(23)21(20-14)10-4-2-1-3-5-10)19-18-11-7-6-9(16(24)25)8-12(11)22(26)27/h1-8,20H,17H2,(H,24,25)/p-1. The Hall–Kier alpha value is -4.28. The highest BCUT2D eigenvalue weighted by atomic mass is 16.6. The predicted octanol–water partition coefficient (Wildman–Crippen LogP) is 1.43. The van der Waals surface area contributed by atoms with Gasteiger partial charge in [-0.05, 0) is 18.2 Å². The summed E-state index contributed by atoms with van der Waals surface area (Å²) in [7, 11) is 0. The van der Waals surface area contributed by atoms with Gasteiger partial charge < -0.3 is 15.6 Å². The Morgan fingerprint density at radius 2 is 1.85 bits per heavy atom. The smallest absolute Gasteiger partial charge is 0.301 e. The topological polar surface area (TPSA) is 172 Å². The van der Waals surface area contributed by atoms with E-state index < -0.39 is 22.1 Å². The number of carboxylic acid groups (broad SMARTS) is 1. The summed E-state index contributed by atoms with van der Waals surface area (Å²) in [6.45, 7) is 0. The number of aromatic amines is 1. The lowest BCUT2D eigenvalue weighted by Gasteiger charge is -2.02. The van der Waals surface area contributed by atoms with E-state index in [-0.39, 0.29) is 22.8 Å². The third-order valence-electron chi connectivity index (χ3n) is 3.57. The number of nitrogens with zero attached hydrogens (tertiary/aromatic N) is 4. The molecule has 0 amide bonds. The maximum atomic E-state index is 12.5. The van der Waals surface area contributed by atoms with Crippen LogP contribution < -0.4 is 16.4 Å². The van der Waals surface area contributed by atoms with Crippen LogP contribution in [0.4, 0.5) is 22.9 Å². The van der Waals surface area contributed by atoms with Crippen LogP contribution in [0.1, 0.15) is 10.4 Å². The molecule has 0 unspecified atom stereocenters. The number of benzene rings is 2. The average Bonchev–Trinajstić information content (AvgIpc) is 2.94. The van der Waals surface area contributed by atoms with Gasteiger partial charge in [0.25, 0.3) is 5.69 Å². The molecule has 27 heavy (non-hydrogen) atoms. The van der Waals surface area contributed by atoms with E-state index in [4.69, 9.17) is 5.73 Å². The maximum Gasteiger partial charge on any atom is 0.301 e. The second-order valence-corrected chi connectivity index (χ2v) is 5.30. The SMILES string of the molecule is Nc1[nH]n(-c2ccccc2)c(=O)c1N=Nc1ccc(C(=O)[O-])cc1[N+](=O)[O-]. The van der Waals surface area contributed by atoms with Crippen LogP contribution in [0.2, 0.25) is 0 Å². The fourth-order valence-electron chi connectivity index (χ4n) is 2.29. The summed E-state index contributed by atoms with van der Waals surface area (Å²) >= 11 is 0. The number of nitro groups is 1. The number of hydrogen-bond acceptors (Lipinski definition) is 8. The lowest BCUT2D eigenvalue weighted by Crippen LogP contribution is -2.22. The minimum absolute atomic E-state index is 0.0818. The zero-order valence-corrected chi connectivity index (χ0v) is 13.5. The highest BCUT2D eigenvalue weighted by Crippen LogP contribution is 2.30. The Morgan fingerprint density at radius 3 is 2.48 bits per heavy atom. The molecule has 0 fully saturated rings. The summed E-state index contributed by atoms with van der Waals surface area (Å²) in [4.78, 5) is 33.6. The molecule has 0 saturated heterocycles. The molecule has 0 aliphatic carbocycles. The molecular weight excluding hydrogens is 356 g/mol. The van der Waals surface area contributed by atoms with Gasteiger partial charge in [0.2, 0.25) is 0 Å². The molecule has 11 heteroatoms. The number of hydrogen-bond donors (Lipinski definition) is 2. The van der Waals surface area contributed by atoms with E-state index in [1.807, 2.05) is 0 Å². The zero-order valence-electron chi connectivity index (χ0n) is 13.5. The van der Waals surface area contributed by atoms with Crippen LogP contribution in [-0.4, -0.2) is 20.7 Å². The number of aromatic nitrogens is 2. The fourth-order valence-corrected chi connectivity index (χ4v) is 2.29. The molecule has 0 bridgehead atoms. The third-order valence-corrected chi connectivity index (χ3v) is 3.57. The normalized spacial score (nSPS) is 11.0. The monoisotopic (exact) mass is 367 g/mol. The molecule has 11 nitrogen and oxygen atoms in total. The van der Waals surface area contributed by atoms with Crippen molar-refractivity contribution in [3.63, 3.8) is 0 Å². The van der Waals surface area contributed by atoms with Crippen LogP contribution in [0.15, 0.2) is 63.6 Å². The van der Waals surface area contributed by atoms with Crippen molar-refractivity contribution in [2.24, 2.45) is 10.2 Å². The number of rotatable bonds is 5. The molecule has 0 atom stereocenters. The molecule has 0 saturated carbocycles. The van der Waals surface area contributed by atoms with Crippen LogP contribution >= 0.6 is 0 Å². The number of anilines is 1. The molecule has 0 aliphatic rings. The van der Waals surface area contributed by atoms with Gasteiger partial charge in [-0.25, -0.2) is 4.68 Å². The van der Waals surface area contributed by atoms with Gasteiger partial charge in [0, 0.05) is 11.6 Å². The molecule has 3 N–H and O–H groups in total. The highest BCUT2D eigenvalue weighted by molar-refractivity contribution is 5.87. The first-order chi connectivity index (χ1) is 12.9. The van der Waals surface area contributed by atoms with Crippen molar-refractivity contribution >= 4 is 28.8 Å². The number of para-hydroxylation sites is 1. The Bertz CT molecular complexity index is 1120. The first-order valence-corrected chi connectivity index (χ1v) is 7.46. The number of azo groups is 1. The second kappa shape index (κ2) is 6.92. The van der Waals surface area contributed by atoms with Crippen LogP contribution in [0, 0.1) is 10.1 Å². The largest absolute Gasteiger partial charge is 0.545 e. The number of H-pyrrole nitrogens is 1. The summed E-state index contributed by atoms with van der Waals surface area (Å²) in [5.41, 5.74) is 4.21. The van der Waals surface area contributed by atoms with Gasteiger partial charge >= 0.3 is 5.56 Å². The van der Waals surface area contributed by atoms with Gasteiger partial charge in [-0.2, -0.15) is 0 Å². The van der Waals surface area contributed by atoms with E-state index >= 15 is 0 Å². The summed E-state index contributed by atoms with van der Waals surface area (Å²) in [6.07, 6.45) is 0. The highest BCUT2D eigenvalue weighted by Gasteiger charge is 2.17.